The lowest BCUT2D eigenvalue weighted by Gasteiger charge is -2.43. The molecule has 0 bridgehead atoms. The first-order valence-corrected chi connectivity index (χ1v) is 13.5. The predicted molar refractivity (Wildman–Crippen MR) is 147 cm³/mol. The molecular formula is C28H31F2N9O. The molecule has 2 fully saturated rings. The number of carbonyl (C=O) groups excluding carboxylic acids is 1. The fourth-order valence-electron chi connectivity index (χ4n) is 5.79. The van der Waals surface area contributed by atoms with Crippen molar-refractivity contribution in [2.75, 3.05) is 36.8 Å². The maximum Gasteiger partial charge on any atom is 0.244 e. The molecule has 5 heterocycles. The van der Waals surface area contributed by atoms with Crippen LogP contribution >= 0.6 is 0 Å². The van der Waals surface area contributed by atoms with Gasteiger partial charge in [0.1, 0.15) is 17.4 Å². The molecule has 0 saturated carbocycles. The zero-order valence-electron chi connectivity index (χ0n) is 22.1. The summed E-state index contributed by atoms with van der Waals surface area (Å²) in [5, 5.41) is 0. The van der Waals surface area contributed by atoms with Crippen LogP contribution in [0.25, 0.3) is 22.4 Å². The summed E-state index contributed by atoms with van der Waals surface area (Å²) >= 11 is 0. The molecular weight excluding hydrogens is 516 g/mol. The highest BCUT2D eigenvalue weighted by atomic mass is 19.2. The van der Waals surface area contributed by atoms with E-state index in [9.17, 15) is 13.6 Å². The number of hydrogen-bond acceptors (Lipinski definition) is 8. The number of fused-ring (bicyclic) bond motifs is 1. The smallest absolute Gasteiger partial charge is 0.244 e. The molecule has 12 heteroatoms. The van der Waals surface area contributed by atoms with E-state index >= 15 is 0 Å². The van der Waals surface area contributed by atoms with Crippen molar-refractivity contribution in [3.8, 4) is 11.3 Å². The van der Waals surface area contributed by atoms with Gasteiger partial charge in [-0.3, -0.25) is 9.78 Å². The number of pyridine rings is 1. The molecule has 0 radical (unpaired) electrons. The van der Waals surface area contributed by atoms with E-state index in [1.165, 1.54) is 12.4 Å². The first kappa shape index (κ1) is 26.1. The van der Waals surface area contributed by atoms with Crippen molar-refractivity contribution in [2.24, 2.45) is 5.73 Å². The number of imidazole rings is 1. The van der Waals surface area contributed by atoms with Gasteiger partial charge in [0.05, 0.1) is 30.5 Å². The Kier molecular flexibility index (Phi) is 6.78. The number of nitrogen functional groups attached to an aromatic ring is 1. The van der Waals surface area contributed by atoms with Crippen molar-refractivity contribution in [2.45, 2.75) is 44.2 Å². The fraction of sp³-hybridized carbons (Fsp3) is 0.393. The van der Waals surface area contributed by atoms with Gasteiger partial charge in [0.15, 0.2) is 23.1 Å². The molecule has 6 rings (SSSR count). The lowest BCUT2D eigenvalue weighted by molar-refractivity contribution is -0.138. The molecule has 2 saturated heterocycles. The molecule has 4 aromatic rings. The van der Waals surface area contributed by atoms with Crippen molar-refractivity contribution in [1.29, 1.82) is 0 Å². The van der Waals surface area contributed by atoms with Gasteiger partial charge in [0.2, 0.25) is 5.91 Å². The summed E-state index contributed by atoms with van der Waals surface area (Å²) in [6.45, 7) is 2.88. The summed E-state index contributed by atoms with van der Waals surface area (Å²) < 4.78 is 29.5. The van der Waals surface area contributed by atoms with Gasteiger partial charge in [-0.25, -0.2) is 23.7 Å². The molecule has 2 aliphatic heterocycles. The maximum absolute atomic E-state index is 14.1. The Hall–Kier alpha value is -4.19. The number of amides is 1. The fourth-order valence-corrected chi connectivity index (χ4v) is 5.79. The standard InChI is InChI=1S/C28H31F2N9O/c29-20-6-5-18(11-21(20)30)22-12-19(14-39-17-36-24-25(31)34-16-35-26(24)39)23(13-33-22)38-10-4-7-28(32,15-38)27(40)37-8-2-1-3-9-37/h5-6,11-13,16-17H,1-4,7-10,14-15,32H2,(H2,31,34,35). The summed E-state index contributed by atoms with van der Waals surface area (Å²) in [4.78, 5) is 34.9. The van der Waals surface area contributed by atoms with Crippen LogP contribution in [0.2, 0.25) is 0 Å². The zero-order valence-corrected chi connectivity index (χ0v) is 22.1. The first-order chi connectivity index (χ1) is 19.3. The Morgan fingerprint density at radius 2 is 1.80 bits per heavy atom. The van der Waals surface area contributed by atoms with Crippen LogP contribution in [0.3, 0.4) is 0 Å². The van der Waals surface area contributed by atoms with Crippen molar-refractivity contribution >= 4 is 28.6 Å². The lowest BCUT2D eigenvalue weighted by Crippen LogP contribution is -2.64. The summed E-state index contributed by atoms with van der Waals surface area (Å²) in [6.07, 6.45) is 9.22. The van der Waals surface area contributed by atoms with Crippen LogP contribution < -0.4 is 16.4 Å². The Labute approximate surface area is 230 Å². The molecule has 1 unspecified atom stereocenters. The van der Waals surface area contributed by atoms with Crippen LogP contribution in [0.15, 0.2) is 43.1 Å². The second kappa shape index (κ2) is 10.4. The Morgan fingerprint density at radius 3 is 2.60 bits per heavy atom. The largest absolute Gasteiger partial charge is 0.382 e. The van der Waals surface area contributed by atoms with Crippen molar-refractivity contribution < 1.29 is 13.6 Å². The minimum atomic E-state index is -1.00. The number of anilines is 2. The van der Waals surface area contributed by atoms with E-state index in [1.807, 2.05) is 15.5 Å². The maximum atomic E-state index is 14.1. The van der Waals surface area contributed by atoms with Gasteiger partial charge in [-0.15, -0.1) is 0 Å². The first-order valence-electron chi connectivity index (χ1n) is 13.5. The van der Waals surface area contributed by atoms with E-state index in [4.69, 9.17) is 11.5 Å². The zero-order chi connectivity index (χ0) is 27.9. The minimum Gasteiger partial charge on any atom is -0.382 e. The van der Waals surface area contributed by atoms with Gasteiger partial charge < -0.3 is 25.8 Å². The van der Waals surface area contributed by atoms with E-state index in [-0.39, 0.29) is 11.7 Å². The number of carbonyl (C=O) groups is 1. The quantitative estimate of drug-likeness (QED) is 0.390. The monoisotopic (exact) mass is 547 g/mol. The van der Waals surface area contributed by atoms with Gasteiger partial charge in [-0.05, 0) is 61.9 Å². The van der Waals surface area contributed by atoms with Crippen LogP contribution in [-0.4, -0.2) is 67.0 Å². The number of benzene rings is 1. The van der Waals surface area contributed by atoms with Crippen molar-refractivity contribution in [3.05, 3.63) is 60.3 Å². The third-order valence-corrected chi connectivity index (χ3v) is 7.89. The summed E-state index contributed by atoms with van der Waals surface area (Å²) in [6, 6.07) is 5.55. The highest BCUT2D eigenvalue weighted by Gasteiger charge is 2.42. The number of halogens is 2. The van der Waals surface area contributed by atoms with E-state index < -0.39 is 17.2 Å². The molecule has 2 aliphatic rings. The molecule has 40 heavy (non-hydrogen) atoms. The Bertz CT molecular complexity index is 1570. The summed E-state index contributed by atoms with van der Waals surface area (Å²) in [5.74, 6) is -1.59. The normalized spacial score (nSPS) is 19.8. The number of likely N-dealkylation sites (tertiary alicyclic amines) is 1. The molecule has 208 valence electrons. The molecule has 1 amide bonds. The van der Waals surface area contributed by atoms with Crippen LogP contribution in [0.1, 0.15) is 37.7 Å². The number of hydrogen-bond donors (Lipinski definition) is 2. The Morgan fingerprint density at radius 1 is 0.975 bits per heavy atom. The summed E-state index contributed by atoms with van der Waals surface area (Å²) in [7, 11) is 0. The third-order valence-electron chi connectivity index (χ3n) is 7.89. The number of nitrogens with two attached hydrogens (primary N) is 2. The molecule has 0 spiro atoms. The average molecular weight is 548 g/mol. The van der Waals surface area contributed by atoms with Crippen LogP contribution in [0.4, 0.5) is 20.3 Å². The summed E-state index contributed by atoms with van der Waals surface area (Å²) in [5.41, 5.74) is 15.4. The van der Waals surface area contributed by atoms with E-state index in [0.29, 0.717) is 48.5 Å². The van der Waals surface area contributed by atoms with Crippen LogP contribution in [-0.2, 0) is 11.3 Å². The molecule has 3 aromatic heterocycles. The lowest BCUT2D eigenvalue weighted by atomic mass is 9.87. The number of piperidine rings is 2. The van der Waals surface area contributed by atoms with Crippen LogP contribution in [0, 0.1) is 11.6 Å². The van der Waals surface area contributed by atoms with Gasteiger partial charge in [0.25, 0.3) is 0 Å². The molecule has 1 atom stereocenters. The van der Waals surface area contributed by atoms with E-state index in [1.54, 1.807) is 12.5 Å². The molecule has 10 nitrogen and oxygen atoms in total. The molecule has 4 N–H and O–H groups in total. The average Bonchev–Trinajstić information content (AvgIpc) is 3.38. The number of nitrogens with zero attached hydrogens (tertiary/aromatic N) is 7. The SMILES string of the molecule is Nc1ncnc2c1ncn2Cc1cc(-c2ccc(F)c(F)c2)ncc1N1CCCC(N)(C(=O)N2CCCCC2)C1. The highest BCUT2D eigenvalue weighted by Crippen LogP contribution is 2.32. The van der Waals surface area contributed by atoms with Gasteiger partial charge in [-0.2, -0.15) is 0 Å². The van der Waals surface area contributed by atoms with Gasteiger partial charge in [-0.1, -0.05) is 0 Å². The van der Waals surface area contributed by atoms with Crippen LogP contribution in [0.5, 0.6) is 0 Å². The molecule has 0 aliphatic carbocycles. The number of rotatable bonds is 5. The van der Waals surface area contributed by atoms with Gasteiger partial charge >= 0.3 is 0 Å². The van der Waals surface area contributed by atoms with Crippen molar-refractivity contribution in [3.63, 3.8) is 0 Å². The van der Waals surface area contributed by atoms with E-state index in [2.05, 4.69) is 24.8 Å². The third kappa shape index (κ3) is 4.83. The minimum absolute atomic E-state index is 0.00223. The second-order valence-electron chi connectivity index (χ2n) is 10.7. The topological polar surface area (TPSA) is 132 Å². The predicted octanol–water partition coefficient (Wildman–Crippen LogP) is 3.11. The Balaban J connectivity index is 1.38. The van der Waals surface area contributed by atoms with Crippen molar-refractivity contribution in [1.82, 2.24) is 29.4 Å². The number of aromatic nitrogens is 5. The molecule has 1 aromatic carbocycles. The second-order valence-corrected chi connectivity index (χ2v) is 10.7. The van der Waals surface area contributed by atoms with E-state index in [0.717, 1.165) is 62.2 Å². The van der Waals surface area contributed by atoms with Gasteiger partial charge in [0, 0.05) is 31.7 Å². The highest BCUT2D eigenvalue weighted by molar-refractivity contribution is 5.87.